The number of pyridine rings is 1. The van der Waals surface area contributed by atoms with Crippen molar-refractivity contribution < 1.29 is 14.3 Å². The largest absolute Gasteiger partial charge is 0.487 e. The maximum absolute atomic E-state index is 12.4. The lowest BCUT2D eigenvalue weighted by atomic mass is 9.99. The van der Waals surface area contributed by atoms with Gasteiger partial charge in [-0.1, -0.05) is 0 Å². The van der Waals surface area contributed by atoms with E-state index in [1.165, 1.54) is 0 Å². The fourth-order valence-corrected chi connectivity index (χ4v) is 2.84. The minimum absolute atomic E-state index is 0.0861. The van der Waals surface area contributed by atoms with Gasteiger partial charge in [0.1, 0.15) is 11.9 Å². The predicted molar refractivity (Wildman–Crippen MR) is 73.4 cm³/mol. The molecular weight excluding hydrogens is 256 g/mol. The van der Waals surface area contributed by atoms with Crippen LogP contribution in [0, 0.1) is 5.92 Å². The first-order valence-electron chi connectivity index (χ1n) is 7.26. The lowest BCUT2D eigenvalue weighted by molar-refractivity contribution is -0.137. The second-order valence-electron chi connectivity index (χ2n) is 5.39. The molecule has 2 aliphatic heterocycles. The smallest absolute Gasteiger partial charge is 0.225 e. The van der Waals surface area contributed by atoms with Crippen LogP contribution in [0.1, 0.15) is 19.3 Å². The molecule has 3 rings (SSSR count). The Balaban J connectivity index is 1.52. The number of likely N-dealkylation sites (tertiary alicyclic amines) is 1. The third kappa shape index (κ3) is 3.10. The average Bonchev–Trinajstić information content (AvgIpc) is 2.97. The van der Waals surface area contributed by atoms with E-state index in [0.29, 0.717) is 19.8 Å². The Bertz CT molecular complexity index is 446. The zero-order valence-electron chi connectivity index (χ0n) is 11.5. The normalized spacial score (nSPS) is 23.8. The maximum Gasteiger partial charge on any atom is 0.225 e. The molecule has 5 heteroatoms. The Morgan fingerprint density at radius 3 is 2.95 bits per heavy atom. The van der Waals surface area contributed by atoms with Crippen LogP contribution in [0.3, 0.4) is 0 Å². The lowest BCUT2D eigenvalue weighted by Crippen LogP contribution is -2.38. The second kappa shape index (κ2) is 6.22. The molecule has 3 heterocycles. The second-order valence-corrected chi connectivity index (χ2v) is 5.39. The van der Waals surface area contributed by atoms with E-state index in [9.17, 15) is 4.79 Å². The molecular formula is C15H20N2O3. The lowest BCUT2D eigenvalue weighted by Gasteiger charge is -2.26. The molecule has 2 aliphatic rings. The molecule has 5 nitrogen and oxygen atoms in total. The summed E-state index contributed by atoms with van der Waals surface area (Å²) in [7, 11) is 0. The molecule has 0 radical (unpaired) electrons. The van der Waals surface area contributed by atoms with Crippen LogP contribution >= 0.6 is 0 Å². The van der Waals surface area contributed by atoms with E-state index in [-0.39, 0.29) is 17.9 Å². The number of carbonyl (C=O) groups is 1. The molecule has 1 aromatic rings. The van der Waals surface area contributed by atoms with E-state index in [1.54, 1.807) is 12.4 Å². The summed E-state index contributed by atoms with van der Waals surface area (Å²) in [5.74, 6) is 1.18. The fourth-order valence-electron chi connectivity index (χ4n) is 2.84. The van der Waals surface area contributed by atoms with E-state index in [0.717, 1.165) is 31.6 Å². The Morgan fingerprint density at radius 1 is 1.35 bits per heavy atom. The van der Waals surface area contributed by atoms with Gasteiger partial charge in [-0.2, -0.15) is 0 Å². The van der Waals surface area contributed by atoms with Crippen LogP contribution in [0.5, 0.6) is 5.75 Å². The van der Waals surface area contributed by atoms with Crippen LogP contribution in [0.25, 0.3) is 0 Å². The van der Waals surface area contributed by atoms with Crippen LogP contribution in [0.4, 0.5) is 0 Å². The highest BCUT2D eigenvalue weighted by molar-refractivity contribution is 5.79. The summed E-state index contributed by atoms with van der Waals surface area (Å²) in [5.41, 5.74) is 0. The van der Waals surface area contributed by atoms with Gasteiger partial charge in [-0.05, 0) is 25.0 Å². The van der Waals surface area contributed by atoms with Crippen LogP contribution < -0.4 is 4.74 Å². The first-order chi connectivity index (χ1) is 9.83. The molecule has 2 saturated heterocycles. The number of nitrogens with zero attached hydrogens (tertiary/aromatic N) is 2. The van der Waals surface area contributed by atoms with Gasteiger partial charge in [0.15, 0.2) is 0 Å². The number of rotatable bonds is 3. The maximum atomic E-state index is 12.4. The van der Waals surface area contributed by atoms with Crippen molar-refractivity contribution in [3.8, 4) is 5.75 Å². The average molecular weight is 276 g/mol. The molecule has 0 bridgehead atoms. The van der Waals surface area contributed by atoms with Crippen molar-refractivity contribution in [2.24, 2.45) is 5.92 Å². The van der Waals surface area contributed by atoms with Gasteiger partial charge in [-0.25, -0.2) is 0 Å². The third-order valence-electron chi connectivity index (χ3n) is 3.96. The topological polar surface area (TPSA) is 51.7 Å². The SMILES string of the molecule is O=C(C1CCOCC1)N1CCC(Oc2cccnc2)C1. The Kier molecular flexibility index (Phi) is 4.16. The number of ether oxygens (including phenoxy) is 2. The molecule has 1 aromatic heterocycles. The standard InChI is InChI=1S/C15H20N2O3/c18-15(12-4-8-19-9-5-12)17-7-3-14(11-17)20-13-2-1-6-16-10-13/h1-2,6,10,12,14H,3-5,7-9,11H2. The molecule has 0 spiro atoms. The summed E-state index contributed by atoms with van der Waals surface area (Å²) < 4.78 is 11.2. The molecule has 108 valence electrons. The number of carbonyl (C=O) groups excluding carboxylic acids is 1. The molecule has 0 saturated carbocycles. The molecule has 0 aromatic carbocycles. The van der Waals surface area contributed by atoms with Crippen LogP contribution in [0.15, 0.2) is 24.5 Å². The van der Waals surface area contributed by atoms with Crippen LogP contribution in [0.2, 0.25) is 0 Å². The molecule has 0 N–H and O–H groups in total. The van der Waals surface area contributed by atoms with E-state index < -0.39 is 0 Å². The van der Waals surface area contributed by atoms with E-state index in [2.05, 4.69) is 4.98 Å². The summed E-state index contributed by atoms with van der Waals surface area (Å²) >= 11 is 0. The van der Waals surface area contributed by atoms with Crippen molar-refractivity contribution >= 4 is 5.91 Å². The molecule has 1 unspecified atom stereocenters. The van der Waals surface area contributed by atoms with Crippen molar-refractivity contribution in [2.45, 2.75) is 25.4 Å². The quantitative estimate of drug-likeness (QED) is 0.839. The van der Waals surface area contributed by atoms with Gasteiger partial charge in [0, 0.05) is 38.3 Å². The molecule has 2 fully saturated rings. The molecule has 20 heavy (non-hydrogen) atoms. The first kappa shape index (κ1) is 13.4. The monoisotopic (exact) mass is 276 g/mol. The summed E-state index contributed by atoms with van der Waals surface area (Å²) in [4.78, 5) is 18.4. The van der Waals surface area contributed by atoms with Crippen molar-refractivity contribution in [3.63, 3.8) is 0 Å². The summed E-state index contributed by atoms with van der Waals surface area (Å²) in [5, 5.41) is 0. The first-order valence-corrected chi connectivity index (χ1v) is 7.26. The van der Waals surface area contributed by atoms with Crippen molar-refractivity contribution in [1.82, 2.24) is 9.88 Å². The number of hydrogen-bond acceptors (Lipinski definition) is 4. The van der Waals surface area contributed by atoms with Gasteiger partial charge in [-0.15, -0.1) is 0 Å². The van der Waals surface area contributed by atoms with Gasteiger partial charge in [-0.3, -0.25) is 9.78 Å². The molecule has 1 atom stereocenters. The number of hydrogen-bond donors (Lipinski definition) is 0. The highest BCUT2D eigenvalue weighted by Gasteiger charge is 2.32. The minimum Gasteiger partial charge on any atom is -0.487 e. The fraction of sp³-hybridized carbons (Fsp3) is 0.600. The van der Waals surface area contributed by atoms with Crippen molar-refractivity contribution in [3.05, 3.63) is 24.5 Å². The third-order valence-corrected chi connectivity index (χ3v) is 3.96. The number of aromatic nitrogens is 1. The highest BCUT2D eigenvalue weighted by atomic mass is 16.5. The Labute approximate surface area is 118 Å². The van der Waals surface area contributed by atoms with Gasteiger partial charge < -0.3 is 14.4 Å². The van der Waals surface area contributed by atoms with Crippen molar-refractivity contribution in [1.29, 1.82) is 0 Å². The zero-order chi connectivity index (χ0) is 13.8. The van der Waals surface area contributed by atoms with Crippen LogP contribution in [-0.2, 0) is 9.53 Å². The minimum atomic E-state index is 0.0861. The number of amides is 1. The highest BCUT2D eigenvalue weighted by Crippen LogP contribution is 2.22. The van der Waals surface area contributed by atoms with Gasteiger partial charge in [0.05, 0.1) is 12.7 Å². The zero-order valence-corrected chi connectivity index (χ0v) is 11.5. The predicted octanol–water partition coefficient (Wildman–Crippen LogP) is 1.49. The van der Waals surface area contributed by atoms with Crippen LogP contribution in [-0.4, -0.2) is 48.2 Å². The van der Waals surface area contributed by atoms with Gasteiger partial charge >= 0.3 is 0 Å². The van der Waals surface area contributed by atoms with E-state index >= 15 is 0 Å². The summed E-state index contributed by atoms with van der Waals surface area (Å²) in [6, 6.07) is 3.76. The Morgan fingerprint density at radius 2 is 2.20 bits per heavy atom. The molecule has 0 aliphatic carbocycles. The van der Waals surface area contributed by atoms with Gasteiger partial charge in [0.25, 0.3) is 0 Å². The van der Waals surface area contributed by atoms with Gasteiger partial charge in [0.2, 0.25) is 5.91 Å². The van der Waals surface area contributed by atoms with E-state index in [1.807, 2.05) is 17.0 Å². The molecule has 1 amide bonds. The summed E-state index contributed by atoms with van der Waals surface area (Å²) in [6.07, 6.45) is 6.12. The van der Waals surface area contributed by atoms with Crippen molar-refractivity contribution in [2.75, 3.05) is 26.3 Å². The summed E-state index contributed by atoms with van der Waals surface area (Å²) in [6.45, 7) is 2.89. The van der Waals surface area contributed by atoms with E-state index in [4.69, 9.17) is 9.47 Å². The Hall–Kier alpha value is -1.62.